The minimum atomic E-state index is -0.540. The lowest BCUT2D eigenvalue weighted by Gasteiger charge is -2.17. The molecule has 5 rings (SSSR count). The van der Waals surface area contributed by atoms with Gasteiger partial charge in [0.05, 0.1) is 28.3 Å². The number of pyridine rings is 1. The number of amides is 3. The number of thioether (sulfide) groups is 1. The van der Waals surface area contributed by atoms with E-state index in [0.717, 1.165) is 28.0 Å². The Hall–Kier alpha value is -3.82. The van der Waals surface area contributed by atoms with E-state index in [-0.39, 0.29) is 26.3 Å². The molecule has 2 aliphatic rings. The van der Waals surface area contributed by atoms with Crippen molar-refractivity contribution < 1.29 is 14.4 Å². The normalized spacial score (nSPS) is 17.5. The molecule has 7 nitrogen and oxygen atoms in total. The number of anilines is 1. The van der Waals surface area contributed by atoms with Crippen LogP contribution in [-0.4, -0.2) is 32.0 Å². The van der Waals surface area contributed by atoms with Crippen LogP contribution in [0.2, 0.25) is 0 Å². The number of nitrogens with zero attached hydrogens (tertiary/aromatic N) is 3. The number of carbonyl (C=O) groups excluding carboxylic acids is 3. The van der Waals surface area contributed by atoms with E-state index >= 15 is 0 Å². The first-order valence-electron chi connectivity index (χ1n) is 10.0. The van der Waals surface area contributed by atoms with Gasteiger partial charge in [0.15, 0.2) is 4.32 Å². The monoisotopic (exact) mass is 472 g/mol. The molecule has 33 heavy (non-hydrogen) atoms. The molecular weight excluding hydrogens is 456 g/mol. The first kappa shape index (κ1) is 21.0. The highest BCUT2D eigenvalue weighted by Crippen LogP contribution is 2.44. The summed E-state index contributed by atoms with van der Waals surface area (Å²) < 4.78 is 0.145. The van der Waals surface area contributed by atoms with Crippen LogP contribution in [0.3, 0.4) is 0 Å². The van der Waals surface area contributed by atoms with Crippen LogP contribution in [0.1, 0.15) is 21.5 Å². The third-order valence-corrected chi connectivity index (χ3v) is 6.61. The van der Waals surface area contributed by atoms with Crippen LogP contribution in [0.25, 0.3) is 5.57 Å². The Labute approximate surface area is 199 Å². The van der Waals surface area contributed by atoms with Crippen LogP contribution in [0.15, 0.2) is 84.0 Å². The molecule has 9 heteroatoms. The van der Waals surface area contributed by atoms with Crippen LogP contribution in [-0.2, 0) is 16.1 Å². The van der Waals surface area contributed by atoms with Crippen molar-refractivity contribution in [3.05, 3.63) is 101 Å². The molecule has 0 spiro atoms. The largest absolute Gasteiger partial charge is 0.303 e. The lowest BCUT2D eigenvalue weighted by atomic mass is 10.1. The SMILES string of the molecule is O=C(NN1C(=O)/C(=C2/C(=O)N(Cc3ccccc3)c3ccccc32)SC1=S)c1cccnc1. The van der Waals surface area contributed by atoms with E-state index in [2.05, 4.69) is 10.4 Å². The van der Waals surface area contributed by atoms with Gasteiger partial charge in [-0.05, 0) is 36.0 Å². The number of aromatic nitrogens is 1. The van der Waals surface area contributed by atoms with E-state index < -0.39 is 11.8 Å². The molecule has 3 heterocycles. The zero-order valence-electron chi connectivity index (χ0n) is 17.1. The Balaban J connectivity index is 1.48. The molecule has 0 saturated carbocycles. The Morgan fingerprint density at radius 3 is 2.48 bits per heavy atom. The van der Waals surface area contributed by atoms with E-state index in [1.54, 1.807) is 23.2 Å². The third-order valence-electron chi connectivity index (χ3n) is 5.24. The molecule has 1 saturated heterocycles. The van der Waals surface area contributed by atoms with E-state index in [1.807, 2.05) is 54.6 Å². The van der Waals surface area contributed by atoms with Crippen LogP contribution < -0.4 is 10.3 Å². The summed E-state index contributed by atoms with van der Waals surface area (Å²) >= 11 is 6.35. The van der Waals surface area contributed by atoms with E-state index in [9.17, 15) is 14.4 Å². The summed E-state index contributed by atoms with van der Waals surface area (Å²) in [6, 6.07) is 20.2. The van der Waals surface area contributed by atoms with Gasteiger partial charge in [-0.15, -0.1) is 0 Å². The molecule has 3 amide bonds. The molecule has 2 aliphatic heterocycles. The van der Waals surface area contributed by atoms with Crippen LogP contribution in [0, 0.1) is 0 Å². The fraction of sp³-hybridized carbons (Fsp3) is 0.0417. The molecule has 1 N–H and O–H groups in total. The van der Waals surface area contributed by atoms with Crippen molar-refractivity contribution in [2.24, 2.45) is 0 Å². The highest BCUT2D eigenvalue weighted by atomic mass is 32.2. The van der Waals surface area contributed by atoms with Gasteiger partial charge >= 0.3 is 0 Å². The van der Waals surface area contributed by atoms with Gasteiger partial charge in [-0.1, -0.05) is 60.3 Å². The van der Waals surface area contributed by atoms with E-state index in [1.165, 1.54) is 6.20 Å². The summed E-state index contributed by atoms with van der Waals surface area (Å²) in [5.74, 6) is -1.34. The number of nitrogens with one attached hydrogen (secondary N) is 1. The average molecular weight is 473 g/mol. The van der Waals surface area contributed by atoms with Crippen molar-refractivity contribution in [1.29, 1.82) is 0 Å². The van der Waals surface area contributed by atoms with Gasteiger partial charge in [-0.25, -0.2) is 0 Å². The van der Waals surface area contributed by atoms with Gasteiger partial charge in [0.25, 0.3) is 17.7 Å². The number of fused-ring (bicyclic) bond motifs is 1. The number of carbonyl (C=O) groups is 3. The highest BCUT2D eigenvalue weighted by molar-refractivity contribution is 8.26. The van der Waals surface area contributed by atoms with Gasteiger partial charge in [0.1, 0.15) is 0 Å². The second kappa shape index (κ2) is 8.61. The highest BCUT2D eigenvalue weighted by Gasteiger charge is 2.42. The van der Waals surface area contributed by atoms with Crippen molar-refractivity contribution in [2.75, 3.05) is 4.90 Å². The second-order valence-corrected chi connectivity index (χ2v) is 8.93. The molecule has 0 bridgehead atoms. The second-order valence-electron chi connectivity index (χ2n) is 7.29. The predicted molar refractivity (Wildman–Crippen MR) is 130 cm³/mol. The summed E-state index contributed by atoms with van der Waals surface area (Å²) in [6.07, 6.45) is 2.94. The molecule has 2 aromatic carbocycles. The molecular formula is C24H16N4O3S2. The van der Waals surface area contributed by atoms with Gasteiger partial charge in [-0.2, -0.15) is 5.01 Å². The first-order valence-corrected chi connectivity index (χ1v) is 11.2. The molecule has 1 fully saturated rings. The summed E-state index contributed by atoms with van der Waals surface area (Å²) in [5.41, 5.74) is 5.46. The summed E-state index contributed by atoms with van der Waals surface area (Å²) in [4.78, 5) is 45.0. The fourth-order valence-electron chi connectivity index (χ4n) is 3.70. The van der Waals surface area contributed by atoms with Gasteiger partial charge < -0.3 is 4.90 Å². The minimum Gasteiger partial charge on any atom is -0.303 e. The predicted octanol–water partition coefficient (Wildman–Crippen LogP) is 3.54. The van der Waals surface area contributed by atoms with Crippen molar-refractivity contribution in [2.45, 2.75) is 6.54 Å². The molecule has 0 radical (unpaired) electrons. The van der Waals surface area contributed by atoms with Crippen molar-refractivity contribution in [3.63, 3.8) is 0 Å². The Morgan fingerprint density at radius 1 is 0.970 bits per heavy atom. The van der Waals surface area contributed by atoms with Gasteiger partial charge in [-0.3, -0.25) is 24.8 Å². The van der Waals surface area contributed by atoms with Crippen LogP contribution in [0.5, 0.6) is 0 Å². The zero-order chi connectivity index (χ0) is 22.9. The molecule has 0 aliphatic carbocycles. The third kappa shape index (κ3) is 3.81. The maximum atomic E-state index is 13.5. The summed E-state index contributed by atoms with van der Waals surface area (Å²) in [5, 5.41) is 1.01. The number of hydrogen-bond acceptors (Lipinski definition) is 6. The van der Waals surface area contributed by atoms with Gasteiger partial charge in [0, 0.05) is 18.0 Å². The number of hydrogen-bond donors (Lipinski definition) is 1. The number of para-hydroxylation sites is 1. The van der Waals surface area contributed by atoms with E-state index in [4.69, 9.17) is 12.2 Å². The Bertz CT molecular complexity index is 1330. The number of rotatable bonds is 4. The molecule has 3 aromatic rings. The van der Waals surface area contributed by atoms with Crippen molar-refractivity contribution in [3.8, 4) is 0 Å². The number of benzene rings is 2. The topological polar surface area (TPSA) is 82.6 Å². The van der Waals surface area contributed by atoms with Crippen LogP contribution in [0.4, 0.5) is 5.69 Å². The first-order chi connectivity index (χ1) is 16.0. The number of thiocarbonyl (C=S) groups is 1. The Kier molecular flexibility index (Phi) is 5.49. The Morgan fingerprint density at radius 2 is 1.73 bits per heavy atom. The maximum Gasteiger partial charge on any atom is 0.286 e. The lowest BCUT2D eigenvalue weighted by Crippen LogP contribution is -2.45. The van der Waals surface area contributed by atoms with Gasteiger partial charge in [0.2, 0.25) is 0 Å². The molecule has 0 unspecified atom stereocenters. The average Bonchev–Trinajstić information content (AvgIpc) is 3.27. The quantitative estimate of drug-likeness (QED) is 0.462. The van der Waals surface area contributed by atoms with Crippen LogP contribution >= 0.6 is 24.0 Å². The fourth-order valence-corrected chi connectivity index (χ4v) is 4.95. The smallest absolute Gasteiger partial charge is 0.286 e. The summed E-state index contributed by atoms with van der Waals surface area (Å²) in [7, 11) is 0. The van der Waals surface area contributed by atoms with Crippen molar-refractivity contribution >= 4 is 57.3 Å². The maximum absolute atomic E-state index is 13.5. The zero-order valence-corrected chi connectivity index (χ0v) is 18.7. The standard InChI is InChI=1S/C24H16N4O3S2/c29-21(16-9-6-12-25-13-16)26-28-23(31)20(33-24(28)32)19-17-10-4-5-11-18(17)27(22(19)30)14-15-7-2-1-3-8-15/h1-13H,14H2,(H,26,29)/b20-19-. The summed E-state index contributed by atoms with van der Waals surface area (Å²) in [6.45, 7) is 0.373. The van der Waals surface area contributed by atoms with Crippen molar-refractivity contribution in [1.82, 2.24) is 15.4 Å². The van der Waals surface area contributed by atoms with E-state index in [0.29, 0.717) is 12.1 Å². The molecule has 0 atom stereocenters. The minimum absolute atomic E-state index is 0.145. The molecule has 1 aromatic heterocycles. The number of hydrazine groups is 1. The molecule has 162 valence electrons. The lowest BCUT2D eigenvalue weighted by molar-refractivity contribution is -0.124.